The van der Waals surface area contributed by atoms with Crippen LogP contribution in [0.4, 0.5) is 0 Å². The zero-order valence-corrected chi connectivity index (χ0v) is 13.5. The van der Waals surface area contributed by atoms with E-state index in [0.717, 1.165) is 26.1 Å². The van der Waals surface area contributed by atoms with Crippen LogP contribution in [0.25, 0.3) is 0 Å². The van der Waals surface area contributed by atoms with Gasteiger partial charge < -0.3 is 10.3 Å². The second kappa shape index (κ2) is 5.49. The number of carbonyl (C=O) groups excluding carboxylic acids is 1. The van der Waals surface area contributed by atoms with E-state index in [1.807, 2.05) is 12.1 Å². The lowest BCUT2D eigenvalue weighted by Gasteiger charge is -2.26. The quantitative estimate of drug-likeness (QED) is 0.939. The molecule has 4 rings (SSSR count). The van der Waals surface area contributed by atoms with E-state index in [0.29, 0.717) is 11.5 Å². The number of imidazole rings is 1. The number of primary amides is 1. The average Bonchev–Trinajstić information content (AvgIpc) is 3.33. The predicted molar refractivity (Wildman–Crippen MR) is 88.0 cm³/mol. The number of fused-ring (bicyclic) bond motifs is 1. The van der Waals surface area contributed by atoms with Crippen molar-refractivity contribution < 1.29 is 4.79 Å². The molecule has 1 aromatic heterocycles. The van der Waals surface area contributed by atoms with Crippen molar-refractivity contribution in [1.29, 1.82) is 0 Å². The van der Waals surface area contributed by atoms with Gasteiger partial charge in [0.15, 0.2) is 0 Å². The van der Waals surface area contributed by atoms with Gasteiger partial charge in [0.05, 0.1) is 5.69 Å². The fourth-order valence-electron chi connectivity index (χ4n) is 3.48. The van der Waals surface area contributed by atoms with E-state index in [-0.39, 0.29) is 5.91 Å². The summed E-state index contributed by atoms with van der Waals surface area (Å²) in [7, 11) is 2.16. The lowest BCUT2D eigenvalue weighted by atomic mass is 10.1. The molecule has 1 saturated carbocycles. The number of nitrogens with zero attached hydrogens (tertiary/aromatic N) is 3. The summed E-state index contributed by atoms with van der Waals surface area (Å²) in [6.07, 6.45) is 3.64. The molecule has 5 nitrogen and oxygen atoms in total. The van der Waals surface area contributed by atoms with Crippen molar-refractivity contribution in [2.75, 3.05) is 6.54 Å². The predicted octanol–water partition coefficient (Wildman–Crippen LogP) is 1.95. The lowest BCUT2D eigenvalue weighted by Crippen LogP contribution is -2.30. The van der Waals surface area contributed by atoms with E-state index < -0.39 is 0 Å². The van der Waals surface area contributed by atoms with Crippen LogP contribution in [0.3, 0.4) is 0 Å². The van der Waals surface area contributed by atoms with Gasteiger partial charge in [0.1, 0.15) is 5.82 Å². The third-order valence-electron chi connectivity index (χ3n) is 4.96. The SMILES string of the molecule is Cn1c(C2CC2)nc2c1CCN(Cc1ccc(C(N)=O)cc1)C2. The van der Waals surface area contributed by atoms with Crippen LogP contribution in [0.1, 0.15) is 51.9 Å². The summed E-state index contributed by atoms with van der Waals surface area (Å²) in [6.45, 7) is 2.84. The van der Waals surface area contributed by atoms with Gasteiger partial charge >= 0.3 is 0 Å². The molecule has 120 valence electrons. The minimum absolute atomic E-state index is 0.375. The first-order chi connectivity index (χ1) is 11.1. The fraction of sp³-hybridized carbons (Fsp3) is 0.444. The van der Waals surface area contributed by atoms with E-state index in [4.69, 9.17) is 10.7 Å². The topological polar surface area (TPSA) is 64.2 Å². The molecular weight excluding hydrogens is 288 g/mol. The van der Waals surface area contributed by atoms with E-state index in [1.165, 1.54) is 35.6 Å². The van der Waals surface area contributed by atoms with E-state index in [2.05, 4.69) is 16.5 Å². The van der Waals surface area contributed by atoms with Crippen LogP contribution >= 0.6 is 0 Å². The van der Waals surface area contributed by atoms with Crippen LogP contribution in [-0.4, -0.2) is 26.9 Å². The van der Waals surface area contributed by atoms with E-state index in [9.17, 15) is 4.79 Å². The van der Waals surface area contributed by atoms with Gasteiger partial charge in [0, 0.05) is 50.3 Å². The molecule has 1 amide bonds. The van der Waals surface area contributed by atoms with Crippen LogP contribution in [-0.2, 0) is 26.6 Å². The second-order valence-corrected chi connectivity index (χ2v) is 6.72. The average molecular weight is 310 g/mol. The summed E-state index contributed by atoms with van der Waals surface area (Å²) in [6, 6.07) is 7.59. The highest BCUT2D eigenvalue weighted by Gasteiger charge is 2.31. The van der Waals surface area contributed by atoms with Crippen LogP contribution < -0.4 is 5.73 Å². The van der Waals surface area contributed by atoms with Gasteiger partial charge in [-0.15, -0.1) is 0 Å². The summed E-state index contributed by atoms with van der Waals surface area (Å²) < 4.78 is 2.33. The van der Waals surface area contributed by atoms with Crippen molar-refractivity contribution in [3.63, 3.8) is 0 Å². The van der Waals surface area contributed by atoms with Gasteiger partial charge in [-0.1, -0.05) is 12.1 Å². The molecule has 0 bridgehead atoms. The Kier molecular flexibility index (Phi) is 3.45. The number of hydrogen-bond donors (Lipinski definition) is 1. The van der Waals surface area contributed by atoms with Crippen molar-refractivity contribution in [3.05, 3.63) is 52.6 Å². The maximum Gasteiger partial charge on any atom is 0.248 e. The molecule has 2 N–H and O–H groups in total. The summed E-state index contributed by atoms with van der Waals surface area (Å²) in [5.41, 5.74) is 9.71. The van der Waals surface area contributed by atoms with Crippen molar-refractivity contribution >= 4 is 5.91 Å². The number of aromatic nitrogens is 2. The Labute approximate surface area is 136 Å². The van der Waals surface area contributed by atoms with Crippen molar-refractivity contribution in [2.45, 2.75) is 38.3 Å². The molecule has 2 aliphatic rings. The number of rotatable bonds is 4. The first-order valence-corrected chi connectivity index (χ1v) is 8.27. The third-order valence-corrected chi connectivity index (χ3v) is 4.96. The van der Waals surface area contributed by atoms with Crippen LogP contribution in [0.15, 0.2) is 24.3 Å². The normalized spacial score (nSPS) is 18.0. The third kappa shape index (κ3) is 2.77. The van der Waals surface area contributed by atoms with Gasteiger partial charge in [0.25, 0.3) is 0 Å². The van der Waals surface area contributed by atoms with Crippen LogP contribution in [0.5, 0.6) is 0 Å². The molecule has 1 aliphatic heterocycles. The Morgan fingerprint density at radius 3 is 2.70 bits per heavy atom. The zero-order valence-electron chi connectivity index (χ0n) is 13.5. The number of carbonyl (C=O) groups is 1. The highest BCUT2D eigenvalue weighted by Crippen LogP contribution is 2.40. The molecule has 5 heteroatoms. The molecule has 2 aromatic rings. The highest BCUT2D eigenvalue weighted by molar-refractivity contribution is 5.92. The molecule has 1 fully saturated rings. The molecular formula is C18H22N4O. The van der Waals surface area contributed by atoms with Crippen molar-refractivity contribution in [2.24, 2.45) is 12.8 Å². The van der Waals surface area contributed by atoms with Crippen LogP contribution in [0.2, 0.25) is 0 Å². The Bertz CT molecular complexity index is 743. The standard InChI is InChI=1S/C18H22N4O/c1-21-16-8-9-22(11-15(16)20-18(21)14-6-7-14)10-12-2-4-13(5-3-12)17(19)23/h2-5,14H,6-11H2,1H3,(H2,19,23). The molecule has 0 spiro atoms. The Morgan fingerprint density at radius 2 is 2.04 bits per heavy atom. The summed E-state index contributed by atoms with van der Waals surface area (Å²) >= 11 is 0. The highest BCUT2D eigenvalue weighted by atomic mass is 16.1. The molecule has 0 unspecified atom stereocenters. The number of amides is 1. The zero-order chi connectivity index (χ0) is 16.0. The Balaban J connectivity index is 1.47. The first-order valence-electron chi connectivity index (χ1n) is 8.27. The van der Waals surface area contributed by atoms with Crippen LogP contribution in [0, 0.1) is 0 Å². The summed E-state index contributed by atoms with van der Waals surface area (Å²) in [5, 5.41) is 0. The Hall–Kier alpha value is -2.14. The minimum atomic E-state index is -0.375. The molecule has 1 aromatic carbocycles. The van der Waals surface area contributed by atoms with E-state index >= 15 is 0 Å². The number of nitrogens with two attached hydrogens (primary N) is 1. The minimum Gasteiger partial charge on any atom is -0.366 e. The maximum atomic E-state index is 11.1. The van der Waals surface area contributed by atoms with E-state index in [1.54, 1.807) is 12.1 Å². The summed E-state index contributed by atoms with van der Waals surface area (Å²) in [5.74, 6) is 1.60. The van der Waals surface area contributed by atoms with Crippen molar-refractivity contribution in [1.82, 2.24) is 14.5 Å². The first kappa shape index (κ1) is 14.5. The smallest absolute Gasteiger partial charge is 0.248 e. The van der Waals surface area contributed by atoms with Gasteiger partial charge in [-0.05, 0) is 30.5 Å². The monoisotopic (exact) mass is 310 g/mol. The number of benzene rings is 1. The van der Waals surface area contributed by atoms with Gasteiger partial charge in [-0.3, -0.25) is 9.69 Å². The van der Waals surface area contributed by atoms with Gasteiger partial charge in [-0.25, -0.2) is 4.98 Å². The molecule has 1 aliphatic carbocycles. The molecule has 0 atom stereocenters. The maximum absolute atomic E-state index is 11.1. The van der Waals surface area contributed by atoms with Gasteiger partial charge in [-0.2, -0.15) is 0 Å². The molecule has 23 heavy (non-hydrogen) atoms. The molecule has 0 radical (unpaired) electrons. The van der Waals surface area contributed by atoms with Crippen molar-refractivity contribution in [3.8, 4) is 0 Å². The molecule has 2 heterocycles. The van der Waals surface area contributed by atoms with Gasteiger partial charge in [0.2, 0.25) is 5.91 Å². The second-order valence-electron chi connectivity index (χ2n) is 6.72. The Morgan fingerprint density at radius 1 is 1.30 bits per heavy atom. The fourth-order valence-corrected chi connectivity index (χ4v) is 3.48. The largest absolute Gasteiger partial charge is 0.366 e. The molecule has 0 saturated heterocycles. The lowest BCUT2D eigenvalue weighted by molar-refractivity contribution is 0.100. The summed E-state index contributed by atoms with van der Waals surface area (Å²) in [4.78, 5) is 18.5. The number of hydrogen-bond acceptors (Lipinski definition) is 3.